The Hall–Kier alpha value is -1.36. The van der Waals surface area contributed by atoms with Gasteiger partial charge < -0.3 is 15.7 Å². The van der Waals surface area contributed by atoms with Crippen LogP contribution in [0.5, 0.6) is 0 Å². The van der Waals surface area contributed by atoms with Crippen molar-refractivity contribution >= 4 is 11.6 Å². The monoisotopic (exact) mass is 294 g/mol. The van der Waals surface area contributed by atoms with E-state index in [1.807, 2.05) is 6.92 Å². The van der Waals surface area contributed by atoms with Gasteiger partial charge in [0.2, 0.25) is 0 Å². The second kappa shape index (κ2) is 8.82. The fraction of sp³-hybridized carbons (Fsp3) is 0.750. The molecule has 3 N–H and O–H groups in total. The van der Waals surface area contributed by atoms with Gasteiger partial charge in [-0.15, -0.1) is 0 Å². The van der Waals surface area contributed by atoms with Crippen molar-refractivity contribution in [1.82, 2.24) is 9.97 Å². The van der Waals surface area contributed by atoms with E-state index >= 15 is 0 Å². The summed E-state index contributed by atoms with van der Waals surface area (Å²) < 4.78 is 0. The van der Waals surface area contributed by atoms with Crippen LogP contribution in [0.15, 0.2) is 6.33 Å². The van der Waals surface area contributed by atoms with Crippen molar-refractivity contribution in [2.24, 2.45) is 0 Å². The zero-order valence-corrected chi connectivity index (χ0v) is 13.9. The van der Waals surface area contributed by atoms with Crippen LogP contribution in [0.2, 0.25) is 0 Å². The Kier molecular flexibility index (Phi) is 7.43. The molecule has 0 spiro atoms. The van der Waals surface area contributed by atoms with E-state index in [-0.39, 0.29) is 0 Å². The Bertz CT molecular complexity index is 421. The fourth-order valence-electron chi connectivity index (χ4n) is 2.35. The van der Waals surface area contributed by atoms with E-state index in [1.165, 1.54) is 0 Å². The molecule has 0 bridgehead atoms. The molecule has 0 aliphatic rings. The van der Waals surface area contributed by atoms with Gasteiger partial charge in [-0.2, -0.15) is 0 Å². The maximum Gasteiger partial charge on any atom is 0.134 e. The second-order valence-corrected chi connectivity index (χ2v) is 5.83. The van der Waals surface area contributed by atoms with Crippen molar-refractivity contribution in [2.75, 3.05) is 23.7 Å². The topological polar surface area (TPSA) is 70.1 Å². The molecule has 1 aromatic rings. The molecule has 1 rings (SSSR count). The molecule has 0 amide bonds. The number of nitrogens with one attached hydrogen (secondary N) is 2. The molecule has 0 saturated heterocycles. The summed E-state index contributed by atoms with van der Waals surface area (Å²) in [5.74, 6) is 1.74. The summed E-state index contributed by atoms with van der Waals surface area (Å²) in [6.45, 7) is 9.62. The molecule has 120 valence electrons. The lowest BCUT2D eigenvalue weighted by Crippen LogP contribution is -2.33. The molecule has 0 aliphatic heterocycles. The minimum atomic E-state index is -0.708. The quantitative estimate of drug-likeness (QED) is 0.618. The maximum absolute atomic E-state index is 10.3. The van der Waals surface area contributed by atoms with Gasteiger partial charge >= 0.3 is 0 Å². The zero-order chi connectivity index (χ0) is 15.7. The van der Waals surface area contributed by atoms with Crippen molar-refractivity contribution in [3.63, 3.8) is 0 Å². The number of nitrogens with zero attached hydrogens (tertiary/aromatic N) is 2. The van der Waals surface area contributed by atoms with Crippen molar-refractivity contribution in [3.05, 3.63) is 11.9 Å². The van der Waals surface area contributed by atoms with Crippen LogP contribution in [-0.4, -0.2) is 33.8 Å². The summed E-state index contributed by atoms with van der Waals surface area (Å²) in [4.78, 5) is 8.71. The maximum atomic E-state index is 10.3. The minimum absolute atomic E-state index is 0.502. The molecule has 1 unspecified atom stereocenters. The highest BCUT2D eigenvalue weighted by molar-refractivity contribution is 5.57. The Morgan fingerprint density at radius 3 is 2.29 bits per heavy atom. The van der Waals surface area contributed by atoms with Crippen LogP contribution in [0.25, 0.3) is 0 Å². The van der Waals surface area contributed by atoms with Gasteiger partial charge in [0.25, 0.3) is 0 Å². The Morgan fingerprint density at radius 2 is 1.71 bits per heavy atom. The van der Waals surface area contributed by atoms with Crippen molar-refractivity contribution < 1.29 is 5.11 Å². The van der Waals surface area contributed by atoms with Gasteiger partial charge in [-0.1, -0.05) is 33.6 Å². The fourth-order valence-corrected chi connectivity index (χ4v) is 2.35. The van der Waals surface area contributed by atoms with Gasteiger partial charge in [0.05, 0.1) is 5.60 Å². The summed E-state index contributed by atoms with van der Waals surface area (Å²) in [5.41, 5.74) is 0.404. The SMILES string of the molecule is CCCNc1ncnc(NCC(C)(O)CCC)c1CCC. The number of aliphatic hydroxyl groups is 1. The van der Waals surface area contributed by atoms with Crippen molar-refractivity contribution in [1.29, 1.82) is 0 Å². The highest BCUT2D eigenvalue weighted by atomic mass is 16.3. The first kappa shape index (κ1) is 17.7. The van der Waals surface area contributed by atoms with Crippen LogP contribution in [0.3, 0.4) is 0 Å². The zero-order valence-electron chi connectivity index (χ0n) is 13.9. The summed E-state index contributed by atoms with van der Waals surface area (Å²) in [6.07, 6.45) is 6.33. The van der Waals surface area contributed by atoms with E-state index in [0.717, 1.165) is 55.8 Å². The second-order valence-electron chi connectivity index (χ2n) is 5.83. The van der Waals surface area contributed by atoms with Crippen LogP contribution >= 0.6 is 0 Å². The Morgan fingerprint density at radius 1 is 1.05 bits per heavy atom. The summed E-state index contributed by atoms with van der Waals surface area (Å²) in [5, 5.41) is 16.9. The Balaban J connectivity index is 2.84. The van der Waals surface area contributed by atoms with Crippen LogP contribution in [0.1, 0.15) is 58.9 Å². The molecular formula is C16H30N4O. The van der Waals surface area contributed by atoms with Gasteiger partial charge in [-0.3, -0.25) is 0 Å². The number of hydrogen-bond donors (Lipinski definition) is 3. The third kappa shape index (κ3) is 5.87. The minimum Gasteiger partial charge on any atom is -0.388 e. The van der Waals surface area contributed by atoms with E-state index < -0.39 is 5.60 Å². The third-order valence-electron chi connectivity index (χ3n) is 3.41. The first-order valence-electron chi connectivity index (χ1n) is 8.08. The van der Waals surface area contributed by atoms with Gasteiger partial charge in [0.15, 0.2) is 0 Å². The normalized spacial score (nSPS) is 13.8. The van der Waals surface area contributed by atoms with Crippen LogP contribution in [0.4, 0.5) is 11.6 Å². The number of rotatable bonds is 10. The number of aromatic nitrogens is 2. The smallest absolute Gasteiger partial charge is 0.134 e. The van der Waals surface area contributed by atoms with Crippen molar-refractivity contribution in [2.45, 2.75) is 65.4 Å². The lowest BCUT2D eigenvalue weighted by atomic mass is 10.0. The standard InChI is InChI=1S/C16H30N4O/c1-5-8-13-14(17-10-7-3)19-12-20-15(13)18-11-16(4,21)9-6-2/h12,21H,5-11H2,1-4H3,(H2,17,18,19,20). The number of hydrogen-bond acceptors (Lipinski definition) is 5. The van der Waals surface area contributed by atoms with Crippen LogP contribution < -0.4 is 10.6 Å². The molecule has 0 saturated carbocycles. The van der Waals surface area contributed by atoms with E-state index in [2.05, 4.69) is 41.4 Å². The molecule has 0 aliphatic carbocycles. The highest BCUT2D eigenvalue weighted by Crippen LogP contribution is 2.23. The predicted octanol–water partition coefficient (Wildman–Crippen LogP) is 3.21. The lowest BCUT2D eigenvalue weighted by molar-refractivity contribution is 0.0636. The third-order valence-corrected chi connectivity index (χ3v) is 3.41. The molecule has 0 aromatic carbocycles. The van der Waals surface area contributed by atoms with Gasteiger partial charge in [0, 0.05) is 18.7 Å². The molecule has 0 fully saturated rings. The molecule has 1 atom stereocenters. The molecule has 5 heteroatoms. The average molecular weight is 294 g/mol. The number of anilines is 2. The van der Waals surface area contributed by atoms with Gasteiger partial charge in [-0.25, -0.2) is 9.97 Å². The first-order valence-corrected chi connectivity index (χ1v) is 8.08. The van der Waals surface area contributed by atoms with Gasteiger partial charge in [0.1, 0.15) is 18.0 Å². The van der Waals surface area contributed by atoms with Crippen LogP contribution in [0, 0.1) is 0 Å². The predicted molar refractivity (Wildman–Crippen MR) is 88.8 cm³/mol. The first-order chi connectivity index (χ1) is 10.0. The van der Waals surface area contributed by atoms with E-state index in [9.17, 15) is 5.11 Å². The Labute approximate surface area is 128 Å². The molecular weight excluding hydrogens is 264 g/mol. The molecule has 1 heterocycles. The molecule has 0 radical (unpaired) electrons. The largest absolute Gasteiger partial charge is 0.388 e. The lowest BCUT2D eigenvalue weighted by Gasteiger charge is -2.24. The van der Waals surface area contributed by atoms with E-state index in [1.54, 1.807) is 6.33 Å². The van der Waals surface area contributed by atoms with Gasteiger partial charge in [-0.05, 0) is 26.2 Å². The molecule has 21 heavy (non-hydrogen) atoms. The molecule has 1 aromatic heterocycles. The van der Waals surface area contributed by atoms with Crippen LogP contribution in [-0.2, 0) is 6.42 Å². The highest BCUT2D eigenvalue weighted by Gasteiger charge is 2.20. The summed E-state index contributed by atoms with van der Waals surface area (Å²) >= 11 is 0. The summed E-state index contributed by atoms with van der Waals surface area (Å²) in [6, 6.07) is 0. The van der Waals surface area contributed by atoms with E-state index in [4.69, 9.17) is 0 Å². The van der Waals surface area contributed by atoms with E-state index in [0.29, 0.717) is 6.54 Å². The molecule has 5 nitrogen and oxygen atoms in total. The summed E-state index contributed by atoms with van der Waals surface area (Å²) in [7, 11) is 0. The van der Waals surface area contributed by atoms with Crippen molar-refractivity contribution in [3.8, 4) is 0 Å². The average Bonchev–Trinajstić information content (AvgIpc) is 2.45.